The van der Waals surface area contributed by atoms with Crippen LogP contribution in [0.3, 0.4) is 0 Å². The highest BCUT2D eigenvalue weighted by Crippen LogP contribution is 2.18. The summed E-state index contributed by atoms with van der Waals surface area (Å²) in [5.74, 6) is -0.550. The molecule has 0 aliphatic carbocycles. The molecule has 2 aromatic carbocycles. The fourth-order valence-electron chi connectivity index (χ4n) is 2.34. The van der Waals surface area contributed by atoms with Crippen LogP contribution in [0, 0.1) is 6.92 Å². The van der Waals surface area contributed by atoms with Gasteiger partial charge < -0.3 is 14.6 Å². The van der Waals surface area contributed by atoms with E-state index in [1.54, 1.807) is 30.3 Å². The van der Waals surface area contributed by atoms with Gasteiger partial charge >= 0.3 is 11.9 Å². The third-order valence-corrected chi connectivity index (χ3v) is 3.88. The Balaban J connectivity index is 2.04. The number of rotatable bonds is 8. The van der Waals surface area contributed by atoms with E-state index in [0.29, 0.717) is 17.7 Å². The van der Waals surface area contributed by atoms with Crippen molar-refractivity contribution in [3.05, 3.63) is 77.4 Å². The van der Waals surface area contributed by atoms with Crippen molar-refractivity contribution in [2.45, 2.75) is 26.4 Å². The van der Waals surface area contributed by atoms with Crippen LogP contribution in [0.25, 0.3) is 0 Å². The standard InChI is InChI=1S/C21H22O5/c1-3-20(23)25-14-18-13-17(9-6-15(18)2)21(24)26-19-10-7-16(8-11-19)5-4-12-22/h3,6-11,13,22H,1,4-5,12,14H2,2H3. The third kappa shape index (κ3) is 5.57. The molecule has 0 fully saturated rings. The number of benzene rings is 2. The molecule has 0 bridgehead atoms. The highest BCUT2D eigenvalue weighted by Gasteiger charge is 2.12. The van der Waals surface area contributed by atoms with Gasteiger partial charge in [0.2, 0.25) is 0 Å². The van der Waals surface area contributed by atoms with E-state index in [1.165, 1.54) is 0 Å². The summed E-state index contributed by atoms with van der Waals surface area (Å²) in [6, 6.07) is 12.3. The Morgan fingerprint density at radius 1 is 1.15 bits per heavy atom. The van der Waals surface area contributed by atoms with Gasteiger partial charge in [-0.25, -0.2) is 9.59 Å². The minimum Gasteiger partial charge on any atom is -0.458 e. The van der Waals surface area contributed by atoms with Gasteiger partial charge in [-0.2, -0.15) is 0 Å². The third-order valence-electron chi connectivity index (χ3n) is 3.88. The summed E-state index contributed by atoms with van der Waals surface area (Å²) in [4.78, 5) is 23.6. The van der Waals surface area contributed by atoms with Gasteiger partial charge in [0, 0.05) is 12.7 Å². The van der Waals surface area contributed by atoms with Crippen LogP contribution in [0.2, 0.25) is 0 Å². The maximum atomic E-state index is 12.3. The second-order valence-electron chi connectivity index (χ2n) is 5.81. The summed E-state index contributed by atoms with van der Waals surface area (Å²) < 4.78 is 10.4. The number of esters is 2. The smallest absolute Gasteiger partial charge is 0.343 e. The normalized spacial score (nSPS) is 10.2. The average Bonchev–Trinajstić information content (AvgIpc) is 2.66. The van der Waals surface area contributed by atoms with Crippen LogP contribution in [-0.4, -0.2) is 23.7 Å². The van der Waals surface area contributed by atoms with Crippen LogP contribution >= 0.6 is 0 Å². The lowest BCUT2D eigenvalue weighted by molar-refractivity contribution is -0.138. The van der Waals surface area contributed by atoms with Crippen molar-refractivity contribution in [3.63, 3.8) is 0 Å². The Kier molecular flexibility index (Phi) is 7.12. The lowest BCUT2D eigenvalue weighted by atomic mass is 10.1. The number of carbonyl (C=O) groups is 2. The number of ether oxygens (including phenoxy) is 2. The van der Waals surface area contributed by atoms with Crippen LogP contribution in [0.15, 0.2) is 55.1 Å². The van der Waals surface area contributed by atoms with Crippen molar-refractivity contribution >= 4 is 11.9 Å². The van der Waals surface area contributed by atoms with Crippen molar-refractivity contribution in [1.29, 1.82) is 0 Å². The largest absolute Gasteiger partial charge is 0.458 e. The predicted octanol–water partition coefficient (Wildman–Crippen LogP) is 3.37. The molecular weight excluding hydrogens is 332 g/mol. The molecule has 0 aliphatic rings. The number of hydrogen-bond donors (Lipinski definition) is 1. The molecule has 1 N–H and O–H groups in total. The number of aryl methyl sites for hydroxylation is 2. The van der Waals surface area contributed by atoms with Gasteiger partial charge in [0.05, 0.1) is 5.56 Å². The molecule has 5 heteroatoms. The number of carbonyl (C=O) groups excluding carboxylic acids is 2. The fourth-order valence-corrected chi connectivity index (χ4v) is 2.34. The molecule has 2 rings (SSSR count). The van der Waals surface area contributed by atoms with Crippen LogP contribution in [0.4, 0.5) is 0 Å². The van der Waals surface area contributed by atoms with E-state index >= 15 is 0 Å². The van der Waals surface area contributed by atoms with E-state index in [-0.39, 0.29) is 13.2 Å². The van der Waals surface area contributed by atoms with Crippen molar-refractivity contribution in [1.82, 2.24) is 0 Å². The molecule has 0 heterocycles. The molecule has 5 nitrogen and oxygen atoms in total. The summed E-state index contributed by atoms with van der Waals surface area (Å²) in [5, 5.41) is 8.85. The molecule has 0 unspecified atom stereocenters. The van der Waals surface area contributed by atoms with Crippen LogP contribution in [0.1, 0.15) is 33.5 Å². The quantitative estimate of drug-likeness (QED) is 0.447. The number of hydrogen-bond acceptors (Lipinski definition) is 5. The Morgan fingerprint density at radius 3 is 2.54 bits per heavy atom. The van der Waals surface area contributed by atoms with Crippen molar-refractivity contribution in [2.75, 3.05) is 6.61 Å². The van der Waals surface area contributed by atoms with Crippen molar-refractivity contribution in [3.8, 4) is 5.75 Å². The lowest BCUT2D eigenvalue weighted by Gasteiger charge is -2.09. The van der Waals surface area contributed by atoms with E-state index in [4.69, 9.17) is 14.6 Å². The minimum absolute atomic E-state index is 0.0668. The molecule has 0 saturated heterocycles. The molecule has 0 atom stereocenters. The monoisotopic (exact) mass is 354 g/mol. The molecule has 0 aromatic heterocycles. The molecule has 0 amide bonds. The van der Waals surface area contributed by atoms with Gasteiger partial charge in [0.15, 0.2) is 0 Å². The summed E-state index contributed by atoms with van der Waals surface area (Å²) in [6.45, 7) is 5.44. The van der Waals surface area contributed by atoms with Gasteiger partial charge in [0.1, 0.15) is 12.4 Å². The Labute approximate surface area is 152 Å². The zero-order valence-electron chi connectivity index (χ0n) is 14.7. The van der Waals surface area contributed by atoms with Crippen LogP contribution in [0.5, 0.6) is 5.75 Å². The Hall–Kier alpha value is -2.92. The average molecular weight is 354 g/mol. The zero-order chi connectivity index (χ0) is 18.9. The first-order valence-corrected chi connectivity index (χ1v) is 8.34. The van der Waals surface area contributed by atoms with Crippen molar-refractivity contribution < 1.29 is 24.2 Å². The topological polar surface area (TPSA) is 72.8 Å². The van der Waals surface area contributed by atoms with E-state index in [1.807, 2.05) is 19.1 Å². The van der Waals surface area contributed by atoms with Crippen molar-refractivity contribution in [2.24, 2.45) is 0 Å². The highest BCUT2D eigenvalue weighted by atomic mass is 16.5. The van der Waals surface area contributed by atoms with E-state index in [0.717, 1.165) is 29.2 Å². The van der Waals surface area contributed by atoms with E-state index < -0.39 is 11.9 Å². The summed E-state index contributed by atoms with van der Waals surface area (Å²) in [5.41, 5.74) is 3.09. The first kappa shape index (κ1) is 19.4. The van der Waals surface area contributed by atoms with Gasteiger partial charge in [-0.15, -0.1) is 0 Å². The molecule has 136 valence electrons. The molecule has 0 aliphatic heterocycles. The van der Waals surface area contributed by atoms with Gasteiger partial charge in [-0.1, -0.05) is 24.8 Å². The summed E-state index contributed by atoms with van der Waals surface area (Å²) in [6.07, 6.45) is 2.56. The summed E-state index contributed by atoms with van der Waals surface area (Å²) >= 11 is 0. The fraction of sp³-hybridized carbons (Fsp3) is 0.238. The molecule has 0 saturated carbocycles. The van der Waals surface area contributed by atoms with Gasteiger partial charge in [-0.05, 0) is 60.7 Å². The van der Waals surface area contributed by atoms with E-state index in [9.17, 15) is 9.59 Å². The second-order valence-corrected chi connectivity index (χ2v) is 5.81. The first-order valence-electron chi connectivity index (χ1n) is 8.34. The Morgan fingerprint density at radius 2 is 1.88 bits per heavy atom. The maximum absolute atomic E-state index is 12.3. The van der Waals surface area contributed by atoms with Gasteiger partial charge in [0.25, 0.3) is 0 Å². The molecule has 0 radical (unpaired) electrons. The molecular formula is C21H22O5. The highest BCUT2D eigenvalue weighted by molar-refractivity contribution is 5.91. The maximum Gasteiger partial charge on any atom is 0.343 e. The summed E-state index contributed by atoms with van der Waals surface area (Å²) in [7, 11) is 0. The second kappa shape index (κ2) is 9.53. The van der Waals surface area contributed by atoms with Crippen LogP contribution in [-0.2, 0) is 22.6 Å². The first-order chi connectivity index (χ1) is 12.5. The minimum atomic E-state index is -0.515. The molecule has 2 aromatic rings. The van der Waals surface area contributed by atoms with Crippen LogP contribution < -0.4 is 4.74 Å². The molecule has 0 spiro atoms. The molecule has 26 heavy (non-hydrogen) atoms. The Bertz CT molecular complexity index is 777. The lowest BCUT2D eigenvalue weighted by Crippen LogP contribution is -2.10. The number of aliphatic hydroxyl groups is 1. The van der Waals surface area contributed by atoms with E-state index in [2.05, 4.69) is 6.58 Å². The zero-order valence-corrected chi connectivity index (χ0v) is 14.7. The number of aliphatic hydroxyl groups excluding tert-OH is 1. The SMILES string of the molecule is C=CC(=O)OCc1cc(C(=O)Oc2ccc(CCCO)cc2)ccc1C. The van der Waals surface area contributed by atoms with Gasteiger partial charge in [-0.3, -0.25) is 0 Å². The predicted molar refractivity (Wildman–Crippen MR) is 98.0 cm³/mol.